The Morgan fingerprint density at radius 1 is 0.923 bits per heavy atom. The molecule has 1 nitrogen and oxygen atoms in total. The molecule has 76 valence electrons. The van der Waals surface area contributed by atoms with Gasteiger partial charge in [0.2, 0.25) is 0 Å². The molecular formula is C11H23NSi. The first-order valence-corrected chi connectivity index (χ1v) is 8.58. The summed E-state index contributed by atoms with van der Waals surface area (Å²) >= 11 is 0. The summed E-state index contributed by atoms with van der Waals surface area (Å²) in [4.78, 5) is 0. The molecule has 0 aromatic heterocycles. The standard InChI is InChI=1S/C11H23NSi/c1-6-8-10-12(11-9-7-2)13(3,4)5/h8-11H,6-7H2,1-5H3. The molecule has 0 unspecified atom stereocenters. The van der Waals surface area contributed by atoms with Crippen LogP contribution in [0.5, 0.6) is 0 Å². The Bertz CT molecular complexity index is 163. The van der Waals surface area contributed by atoms with Gasteiger partial charge in [0.15, 0.2) is 8.24 Å². The van der Waals surface area contributed by atoms with E-state index in [1.165, 1.54) is 0 Å². The summed E-state index contributed by atoms with van der Waals surface area (Å²) in [7, 11) is -1.20. The van der Waals surface area contributed by atoms with Gasteiger partial charge in [-0.3, -0.25) is 0 Å². The normalized spacial score (nSPS) is 13.0. The van der Waals surface area contributed by atoms with Crippen molar-refractivity contribution >= 4 is 8.24 Å². The average Bonchev–Trinajstić information content (AvgIpc) is 2.02. The number of nitrogens with zero attached hydrogens (tertiary/aromatic N) is 1. The van der Waals surface area contributed by atoms with Gasteiger partial charge in [-0.1, -0.05) is 45.6 Å². The lowest BCUT2D eigenvalue weighted by Gasteiger charge is -2.29. The van der Waals surface area contributed by atoms with Gasteiger partial charge in [0.1, 0.15) is 0 Å². The molecular weight excluding hydrogens is 174 g/mol. The van der Waals surface area contributed by atoms with Crippen LogP contribution in [0.1, 0.15) is 26.7 Å². The lowest BCUT2D eigenvalue weighted by Crippen LogP contribution is -2.38. The quantitative estimate of drug-likeness (QED) is 0.603. The van der Waals surface area contributed by atoms with E-state index in [-0.39, 0.29) is 0 Å². The maximum absolute atomic E-state index is 2.39. The van der Waals surface area contributed by atoms with E-state index in [9.17, 15) is 0 Å². The highest BCUT2D eigenvalue weighted by Crippen LogP contribution is 2.11. The van der Waals surface area contributed by atoms with Crippen LogP contribution in [0.15, 0.2) is 24.6 Å². The molecule has 0 fully saturated rings. The number of hydrogen-bond donors (Lipinski definition) is 0. The Morgan fingerprint density at radius 2 is 1.31 bits per heavy atom. The van der Waals surface area contributed by atoms with Crippen LogP contribution in [-0.2, 0) is 0 Å². The Labute approximate surface area is 84.2 Å². The molecule has 0 heterocycles. The number of hydrogen-bond acceptors (Lipinski definition) is 1. The van der Waals surface area contributed by atoms with Gasteiger partial charge in [-0.05, 0) is 25.2 Å². The third kappa shape index (κ3) is 5.69. The van der Waals surface area contributed by atoms with Crippen molar-refractivity contribution < 1.29 is 0 Å². The molecule has 0 N–H and O–H groups in total. The van der Waals surface area contributed by atoms with E-state index in [1.54, 1.807) is 0 Å². The lowest BCUT2D eigenvalue weighted by molar-refractivity contribution is 0.751. The van der Waals surface area contributed by atoms with Crippen molar-refractivity contribution in [2.45, 2.75) is 46.3 Å². The van der Waals surface area contributed by atoms with Crippen molar-refractivity contribution in [3.8, 4) is 0 Å². The van der Waals surface area contributed by atoms with Crippen molar-refractivity contribution in [2.24, 2.45) is 0 Å². The van der Waals surface area contributed by atoms with Crippen LogP contribution in [0.4, 0.5) is 0 Å². The summed E-state index contributed by atoms with van der Waals surface area (Å²) in [5.41, 5.74) is 0. The Kier molecular flexibility index (Phi) is 5.79. The largest absolute Gasteiger partial charge is 0.382 e. The first kappa shape index (κ1) is 12.5. The predicted molar refractivity (Wildman–Crippen MR) is 64.0 cm³/mol. The van der Waals surface area contributed by atoms with Crippen LogP contribution < -0.4 is 0 Å². The molecule has 0 aliphatic heterocycles. The Hall–Kier alpha value is -0.503. The fraction of sp³-hybridized carbons (Fsp3) is 0.636. The summed E-state index contributed by atoms with van der Waals surface area (Å²) in [5, 5.41) is 0. The average molecular weight is 197 g/mol. The summed E-state index contributed by atoms with van der Waals surface area (Å²) in [6.07, 6.45) is 11.1. The first-order chi connectivity index (χ1) is 6.02. The highest BCUT2D eigenvalue weighted by atomic mass is 28.3. The molecule has 0 aromatic carbocycles. The van der Waals surface area contributed by atoms with Gasteiger partial charge in [-0.15, -0.1) is 0 Å². The van der Waals surface area contributed by atoms with Gasteiger partial charge >= 0.3 is 0 Å². The minimum absolute atomic E-state index is 1.11. The number of allylic oxidation sites excluding steroid dienone is 2. The highest BCUT2D eigenvalue weighted by molar-refractivity contribution is 6.73. The van der Waals surface area contributed by atoms with Crippen molar-refractivity contribution in [2.75, 3.05) is 0 Å². The van der Waals surface area contributed by atoms with Gasteiger partial charge in [0, 0.05) is 0 Å². The first-order valence-electron chi connectivity index (χ1n) is 5.14. The number of rotatable bonds is 5. The summed E-state index contributed by atoms with van der Waals surface area (Å²) in [6, 6.07) is 0. The monoisotopic (exact) mass is 197 g/mol. The maximum atomic E-state index is 2.39. The molecule has 0 radical (unpaired) electrons. The Balaban J connectivity index is 4.37. The smallest absolute Gasteiger partial charge is 0.152 e. The minimum Gasteiger partial charge on any atom is -0.382 e. The molecule has 0 atom stereocenters. The SMILES string of the molecule is CCC=CN(C=CCC)[Si](C)(C)C. The zero-order valence-corrected chi connectivity index (χ0v) is 10.7. The van der Waals surface area contributed by atoms with Gasteiger partial charge < -0.3 is 4.57 Å². The van der Waals surface area contributed by atoms with Crippen LogP contribution in [0.25, 0.3) is 0 Å². The van der Waals surface area contributed by atoms with Crippen molar-refractivity contribution in [3.05, 3.63) is 24.6 Å². The molecule has 0 saturated heterocycles. The second-order valence-electron chi connectivity index (χ2n) is 4.16. The van der Waals surface area contributed by atoms with E-state index >= 15 is 0 Å². The van der Waals surface area contributed by atoms with E-state index in [1.807, 2.05) is 0 Å². The van der Waals surface area contributed by atoms with Crippen LogP contribution in [0.3, 0.4) is 0 Å². The highest BCUT2D eigenvalue weighted by Gasteiger charge is 2.18. The third-order valence-corrected chi connectivity index (χ3v) is 3.63. The summed E-state index contributed by atoms with van der Waals surface area (Å²) in [6.45, 7) is 11.4. The fourth-order valence-corrected chi connectivity index (χ4v) is 2.04. The summed E-state index contributed by atoms with van der Waals surface area (Å²) < 4.78 is 2.39. The van der Waals surface area contributed by atoms with Crippen LogP contribution >= 0.6 is 0 Å². The van der Waals surface area contributed by atoms with Crippen LogP contribution in [-0.4, -0.2) is 12.8 Å². The van der Waals surface area contributed by atoms with E-state index in [4.69, 9.17) is 0 Å². The third-order valence-electron chi connectivity index (χ3n) is 1.78. The minimum atomic E-state index is -1.20. The molecule has 2 heteroatoms. The van der Waals surface area contributed by atoms with Gasteiger partial charge in [0.05, 0.1) is 0 Å². The van der Waals surface area contributed by atoms with Crippen molar-refractivity contribution in [1.29, 1.82) is 0 Å². The second kappa shape index (κ2) is 6.03. The summed E-state index contributed by atoms with van der Waals surface area (Å²) in [5.74, 6) is 0. The molecule has 0 spiro atoms. The maximum Gasteiger partial charge on any atom is 0.152 e. The van der Waals surface area contributed by atoms with E-state index in [2.05, 4.69) is 62.6 Å². The fourth-order valence-electron chi connectivity index (χ4n) is 0.935. The van der Waals surface area contributed by atoms with Gasteiger partial charge in [-0.2, -0.15) is 0 Å². The van der Waals surface area contributed by atoms with Crippen molar-refractivity contribution in [1.82, 2.24) is 4.57 Å². The van der Waals surface area contributed by atoms with Crippen LogP contribution in [0, 0.1) is 0 Å². The van der Waals surface area contributed by atoms with E-state index in [0.29, 0.717) is 0 Å². The van der Waals surface area contributed by atoms with Crippen LogP contribution in [0.2, 0.25) is 19.6 Å². The van der Waals surface area contributed by atoms with Gasteiger partial charge in [-0.25, -0.2) is 0 Å². The molecule has 13 heavy (non-hydrogen) atoms. The molecule has 0 amide bonds. The molecule has 0 aliphatic carbocycles. The molecule has 0 rings (SSSR count). The zero-order valence-electron chi connectivity index (χ0n) is 9.67. The predicted octanol–water partition coefficient (Wildman–Crippen LogP) is 3.97. The lowest BCUT2D eigenvalue weighted by atomic mass is 10.4. The van der Waals surface area contributed by atoms with E-state index in [0.717, 1.165) is 12.8 Å². The zero-order chi connectivity index (χ0) is 10.3. The van der Waals surface area contributed by atoms with Gasteiger partial charge in [0.25, 0.3) is 0 Å². The molecule has 0 bridgehead atoms. The second-order valence-corrected chi connectivity index (χ2v) is 9.02. The molecule has 0 aliphatic rings. The van der Waals surface area contributed by atoms with Crippen molar-refractivity contribution in [3.63, 3.8) is 0 Å². The topological polar surface area (TPSA) is 3.24 Å². The molecule has 0 aromatic rings. The van der Waals surface area contributed by atoms with E-state index < -0.39 is 8.24 Å². The molecule has 0 saturated carbocycles. The Morgan fingerprint density at radius 3 is 1.54 bits per heavy atom.